The molecule has 0 N–H and O–H groups in total. The average molecular weight is 675 g/mol. The second-order valence-electron chi connectivity index (χ2n) is 15.0. The van der Waals surface area contributed by atoms with Gasteiger partial charge in [-0.1, -0.05) is 146 Å². The van der Waals surface area contributed by atoms with E-state index in [4.69, 9.17) is 0 Å². The topological polar surface area (TPSA) is 27.0 Å². The highest BCUT2D eigenvalue weighted by molar-refractivity contribution is 6.25. The number of rotatable bonds is 3. The maximum Gasteiger partial charge on any atom is 0.0764 e. The van der Waals surface area contributed by atoms with Gasteiger partial charge in [-0.3, -0.25) is 0 Å². The Hall–Kier alpha value is -6.69. The monoisotopic (exact) mass is 674 g/mol. The van der Waals surface area contributed by atoms with Crippen molar-refractivity contribution in [1.82, 2.24) is 0 Å². The molecular formula is C51H34N2. The summed E-state index contributed by atoms with van der Waals surface area (Å²) in [5.74, 6) is 0. The van der Waals surface area contributed by atoms with Crippen LogP contribution in [0.15, 0.2) is 182 Å². The summed E-state index contributed by atoms with van der Waals surface area (Å²) in [5.41, 5.74) is 12.8. The summed E-state index contributed by atoms with van der Waals surface area (Å²) in [6.45, 7) is 2.01. The van der Waals surface area contributed by atoms with Crippen molar-refractivity contribution >= 4 is 43.7 Å². The van der Waals surface area contributed by atoms with Crippen LogP contribution >= 0.6 is 0 Å². The van der Waals surface area contributed by atoms with E-state index in [2.05, 4.69) is 187 Å². The minimum absolute atomic E-state index is 0.385. The van der Waals surface area contributed by atoms with E-state index in [0.717, 1.165) is 17.1 Å². The van der Waals surface area contributed by atoms with Crippen molar-refractivity contribution in [3.8, 4) is 28.3 Å². The predicted molar refractivity (Wildman–Crippen MR) is 219 cm³/mol. The van der Waals surface area contributed by atoms with Gasteiger partial charge in [0, 0.05) is 17.1 Å². The molecule has 0 radical (unpaired) electrons. The van der Waals surface area contributed by atoms with Crippen LogP contribution in [0.3, 0.4) is 0 Å². The smallest absolute Gasteiger partial charge is 0.0764 e. The summed E-state index contributed by atoms with van der Waals surface area (Å²) in [6, 6.07) is 61.0. The van der Waals surface area contributed by atoms with E-state index in [1.807, 2.05) is 6.92 Å². The Morgan fingerprint density at radius 2 is 0.943 bits per heavy atom. The van der Waals surface area contributed by atoms with Gasteiger partial charge in [0.25, 0.3) is 0 Å². The molecule has 8 aromatic carbocycles. The van der Waals surface area contributed by atoms with Crippen molar-refractivity contribution in [2.45, 2.75) is 18.8 Å². The van der Waals surface area contributed by atoms with Crippen LogP contribution in [0.2, 0.25) is 0 Å². The molecule has 0 bridgehead atoms. The van der Waals surface area contributed by atoms with Crippen LogP contribution in [0.4, 0.5) is 11.4 Å². The molecule has 8 aromatic rings. The fourth-order valence-corrected chi connectivity index (χ4v) is 9.68. The summed E-state index contributed by atoms with van der Waals surface area (Å²) < 4.78 is 0. The van der Waals surface area contributed by atoms with Gasteiger partial charge in [-0.15, -0.1) is 0 Å². The first-order valence-electron chi connectivity index (χ1n) is 18.5. The SMILES string of the molecule is CC1(C#N)C=CC(N(c2ccc3c(c2)-c2ccccc2C32c3ccccc3-c3ccccc32)c2ccc3c4ccccc4c4ccccc4c3c2)=CC1. The molecule has 3 aliphatic rings. The lowest BCUT2D eigenvalue weighted by molar-refractivity contribution is 0.569. The van der Waals surface area contributed by atoms with Crippen LogP contribution in [0, 0.1) is 16.7 Å². The van der Waals surface area contributed by atoms with Crippen LogP contribution in [0.1, 0.15) is 35.6 Å². The maximum absolute atomic E-state index is 10.0. The Balaban J connectivity index is 1.17. The third-order valence-corrected chi connectivity index (χ3v) is 12.1. The first-order valence-corrected chi connectivity index (χ1v) is 18.5. The Morgan fingerprint density at radius 1 is 0.491 bits per heavy atom. The van der Waals surface area contributed by atoms with Gasteiger partial charge in [0.15, 0.2) is 0 Å². The highest BCUT2D eigenvalue weighted by Gasteiger charge is 2.51. The van der Waals surface area contributed by atoms with E-state index in [-0.39, 0.29) is 5.41 Å². The van der Waals surface area contributed by atoms with E-state index in [1.165, 1.54) is 76.8 Å². The van der Waals surface area contributed by atoms with Gasteiger partial charge < -0.3 is 4.90 Å². The zero-order valence-corrected chi connectivity index (χ0v) is 29.3. The standard InChI is InChI=1S/C51H34N2/c1-50(32-52)28-26-33(27-29-50)53(34-22-24-40-38-14-3-2-12-36(38)37-13-4-5-15-39(37)44(40)30-34)35-23-25-49-45(31-35)43-18-8-11-21-48(43)51(49)46-19-9-6-16-41(46)42-17-7-10-20-47(42)51/h2-28,30-31H,29H2,1H3. The molecule has 53 heavy (non-hydrogen) atoms. The highest BCUT2D eigenvalue weighted by atomic mass is 15.1. The summed E-state index contributed by atoms with van der Waals surface area (Å²) in [4.78, 5) is 2.39. The molecule has 0 fully saturated rings. The van der Waals surface area contributed by atoms with E-state index >= 15 is 0 Å². The lowest BCUT2D eigenvalue weighted by Crippen LogP contribution is -2.26. The third-order valence-electron chi connectivity index (χ3n) is 12.1. The second kappa shape index (κ2) is 10.9. The van der Waals surface area contributed by atoms with Crippen molar-refractivity contribution in [2.24, 2.45) is 5.41 Å². The number of anilines is 2. The van der Waals surface area contributed by atoms with Crippen LogP contribution in [-0.2, 0) is 5.41 Å². The molecule has 1 unspecified atom stereocenters. The van der Waals surface area contributed by atoms with Gasteiger partial charge in [0.05, 0.1) is 16.9 Å². The first-order chi connectivity index (χ1) is 26.1. The number of allylic oxidation sites excluding steroid dienone is 3. The molecule has 1 spiro atoms. The second-order valence-corrected chi connectivity index (χ2v) is 15.0. The zero-order chi connectivity index (χ0) is 35.3. The minimum atomic E-state index is -0.528. The Labute approximate surface area is 309 Å². The molecular weight excluding hydrogens is 641 g/mol. The van der Waals surface area contributed by atoms with Gasteiger partial charge >= 0.3 is 0 Å². The Bertz CT molecular complexity index is 2890. The fourth-order valence-electron chi connectivity index (χ4n) is 9.68. The largest absolute Gasteiger partial charge is 0.311 e. The fraction of sp³-hybridized carbons (Fsp3) is 0.0784. The van der Waals surface area contributed by atoms with Crippen LogP contribution < -0.4 is 4.90 Å². The Kier molecular flexibility index (Phi) is 6.17. The van der Waals surface area contributed by atoms with Crippen molar-refractivity contribution < 1.29 is 0 Å². The van der Waals surface area contributed by atoms with Crippen LogP contribution in [0.5, 0.6) is 0 Å². The van der Waals surface area contributed by atoms with Gasteiger partial charge in [0.2, 0.25) is 0 Å². The quantitative estimate of drug-likeness (QED) is 0.174. The lowest BCUT2D eigenvalue weighted by Gasteiger charge is -2.32. The molecule has 11 rings (SSSR count). The molecule has 0 saturated carbocycles. The van der Waals surface area contributed by atoms with Crippen molar-refractivity contribution in [1.29, 1.82) is 5.26 Å². The first kappa shape index (κ1) is 30.0. The number of fused-ring (bicyclic) bond motifs is 16. The number of nitriles is 1. The van der Waals surface area contributed by atoms with Crippen molar-refractivity contribution in [3.63, 3.8) is 0 Å². The van der Waals surface area contributed by atoms with Crippen molar-refractivity contribution in [2.75, 3.05) is 4.90 Å². The zero-order valence-electron chi connectivity index (χ0n) is 29.3. The number of benzene rings is 8. The molecule has 0 aliphatic heterocycles. The van der Waals surface area contributed by atoms with E-state index < -0.39 is 5.41 Å². The van der Waals surface area contributed by atoms with E-state index in [9.17, 15) is 5.26 Å². The summed E-state index contributed by atoms with van der Waals surface area (Å²) in [6.07, 6.45) is 7.10. The summed E-state index contributed by atoms with van der Waals surface area (Å²) in [5, 5.41) is 17.5. The van der Waals surface area contributed by atoms with Crippen LogP contribution in [0.25, 0.3) is 54.6 Å². The normalized spacial score (nSPS) is 17.3. The van der Waals surface area contributed by atoms with Crippen molar-refractivity contribution in [3.05, 3.63) is 204 Å². The van der Waals surface area contributed by atoms with E-state index in [1.54, 1.807) is 0 Å². The molecule has 3 aliphatic carbocycles. The number of hydrogen-bond acceptors (Lipinski definition) is 2. The molecule has 2 nitrogen and oxygen atoms in total. The number of hydrogen-bond donors (Lipinski definition) is 0. The molecule has 0 saturated heterocycles. The molecule has 1 atom stereocenters. The van der Waals surface area contributed by atoms with Crippen LogP contribution in [-0.4, -0.2) is 0 Å². The summed E-state index contributed by atoms with van der Waals surface area (Å²) in [7, 11) is 0. The molecule has 0 aromatic heterocycles. The Morgan fingerprint density at radius 3 is 1.49 bits per heavy atom. The molecule has 0 heterocycles. The predicted octanol–water partition coefficient (Wildman–Crippen LogP) is 13.0. The molecule has 0 amide bonds. The van der Waals surface area contributed by atoms with Gasteiger partial charge in [-0.05, 0) is 121 Å². The maximum atomic E-state index is 10.0. The third kappa shape index (κ3) is 4.03. The highest BCUT2D eigenvalue weighted by Crippen LogP contribution is 2.63. The molecule has 2 heteroatoms. The lowest BCUT2D eigenvalue weighted by atomic mass is 9.70. The molecule has 248 valence electrons. The van der Waals surface area contributed by atoms with E-state index in [0.29, 0.717) is 6.42 Å². The van der Waals surface area contributed by atoms with Gasteiger partial charge in [-0.25, -0.2) is 0 Å². The number of nitrogens with zero attached hydrogens (tertiary/aromatic N) is 2. The van der Waals surface area contributed by atoms with Gasteiger partial charge in [-0.2, -0.15) is 5.26 Å². The summed E-state index contributed by atoms with van der Waals surface area (Å²) >= 11 is 0. The minimum Gasteiger partial charge on any atom is -0.311 e. The average Bonchev–Trinajstić information content (AvgIpc) is 3.69. The van der Waals surface area contributed by atoms with Gasteiger partial charge in [0.1, 0.15) is 0 Å².